The fourth-order valence-corrected chi connectivity index (χ4v) is 4.46. The van der Waals surface area contributed by atoms with Crippen LogP contribution in [0.4, 0.5) is 4.39 Å². The predicted octanol–water partition coefficient (Wildman–Crippen LogP) is 6.41. The summed E-state index contributed by atoms with van der Waals surface area (Å²) in [6.45, 7) is 3.89. The number of aliphatic hydroxyl groups excluding tert-OH is 1. The maximum atomic E-state index is 13.3. The van der Waals surface area contributed by atoms with Gasteiger partial charge in [0.15, 0.2) is 0 Å². The summed E-state index contributed by atoms with van der Waals surface area (Å²) in [5.41, 5.74) is 2.66. The number of benzene rings is 3. The van der Waals surface area contributed by atoms with Crippen molar-refractivity contribution in [1.29, 1.82) is 0 Å². The number of hydrogen-bond acceptors (Lipinski definition) is 6. The lowest BCUT2D eigenvalue weighted by Crippen LogP contribution is -2.14. The number of amides is 1. The van der Waals surface area contributed by atoms with Crippen molar-refractivity contribution in [2.45, 2.75) is 20.5 Å². The molecule has 1 amide bonds. The second kappa shape index (κ2) is 11.7. The van der Waals surface area contributed by atoms with E-state index in [1.165, 1.54) is 12.1 Å². The third-order valence-corrected chi connectivity index (χ3v) is 6.36. The Morgan fingerprint density at radius 3 is 2.46 bits per heavy atom. The van der Waals surface area contributed by atoms with E-state index in [-0.39, 0.29) is 35.4 Å². The average molecular weight is 518 g/mol. The molecule has 1 heterocycles. The molecule has 0 aliphatic carbocycles. The van der Waals surface area contributed by atoms with Crippen LogP contribution in [0.15, 0.2) is 94.0 Å². The van der Waals surface area contributed by atoms with E-state index < -0.39 is 11.9 Å². The Hall–Kier alpha value is -4.17. The number of hydrogen-bond donors (Lipinski definition) is 1. The molecule has 0 unspecified atom stereocenters. The van der Waals surface area contributed by atoms with Crippen molar-refractivity contribution in [3.8, 4) is 5.75 Å². The molecule has 0 spiro atoms. The van der Waals surface area contributed by atoms with Crippen molar-refractivity contribution >= 4 is 34.8 Å². The molecule has 6 nitrogen and oxygen atoms in total. The highest BCUT2D eigenvalue weighted by Crippen LogP contribution is 2.39. The molecular formula is C29H24FNO5S. The summed E-state index contributed by atoms with van der Waals surface area (Å²) in [4.78, 5) is 29.8. The minimum Gasteiger partial charge on any atom is -0.506 e. The highest BCUT2D eigenvalue weighted by molar-refractivity contribution is 8.18. The van der Waals surface area contributed by atoms with Crippen LogP contribution in [0.1, 0.15) is 34.0 Å². The zero-order valence-electron chi connectivity index (χ0n) is 20.2. The summed E-state index contributed by atoms with van der Waals surface area (Å²) in [6, 6.07) is 20.1. The largest absolute Gasteiger partial charge is 0.506 e. The third kappa shape index (κ3) is 6.54. The molecule has 0 atom stereocenters. The van der Waals surface area contributed by atoms with Crippen molar-refractivity contribution in [1.82, 2.24) is 0 Å². The Morgan fingerprint density at radius 1 is 1.05 bits per heavy atom. The standard InChI is InChI=1S/C29H24FNO5S/c1-3-35-29(34)25-26(32)24(37-28(25)31-27(33)21-11-7-18(2)8-12-21)16-19-9-13-23(14-10-19)36-17-20-5-4-6-22(30)15-20/h4-16,32H,3,17H2,1-2H3/b24-16-,31-28?. The fourth-order valence-electron chi connectivity index (χ4n) is 3.45. The van der Waals surface area contributed by atoms with Gasteiger partial charge in [0, 0.05) is 5.56 Å². The molecule has 0 aromatic heterocycles. The van der Waals surface area contributed by atoms with Gasteiger partial charge in [0.2, 0.25) is 0 Å². The number of ether oxygens (including phenoxy) is 2. The minimum absolute atomic E-state index is 0.0721. The number of halogens is 1. The summed E-state index contributed by atoms with van der Waals surface area (Å²) >= 11 is 1.01. The van der Waals surface area contributed by atoms with Gasteiger partial charge in [0.1, 0.15) is 34.5 Å². The molecule has 0 radical (unpaired) electrons. The Morgan fingerprint density at radius 2 is 1.78 bits per heavy atom. The number of aliphatic hydroxyl groups is 1. The van der Waals surface area contributed by atoms with Gasteiger partial charge in [-0.25, -0.2) is 14.2 Å². The lowest BCUT2D eigenvalue weighted by atomic mass is 10.1. The summed E-state index contributed by atoms with van der Waals surface area (Å²) in [5.74, 6) is -1.32. The van der Waals surface area contributed by atoms with E-state index in [1.807, 2.05) is 6.92 Å². The second-order valence-electron chi connectivity index (χ2n) is 8.13. The predicted molar refractivity (Wildman–Crippen MR) is 142 cm³/mol. The molecular weight excluding hydrogens is 493 g/mol. The van der Waals surface area contributed by atoms with Gasteiger partial charge in [-0.15, -0.1) is 0 Å². The zero-order valence-corrected chi connectivity index (χ0v) is 21.0. The summed E-state index contributed by atoms with van der Waals surface area (Å²) in [6.07, 6.45) is 1.68. The molecule has 4 rings (SSSR count). The first-order valence-electron chi connectivity index (χ1n) is 11.5. The molecule has 0 bridgehead atoms. The monoisotopic (exact) mass is 517 g/mol. The van der Waals surface area contributed by atoms with Crippen LogP contribution in [0, 0.1) is 12.7 Å². The van der Waals surface area contributed by atoms with E-state index in [0.717, 1.165) is 22.9 Å². The fraction of sp³-hybridized carbons (Fsp3) is 0.138. The van der Waals surface area contributed by atoms with Crippen molar-refractivity contribution in [3.05, 3.63) is 117 Å². The lowest BCUT2D eigenvalue weighted by Gasteiger charge is -2.07. The van der Waals surface area contributed by atoms with Crippen molar-refractivity contribution in [2.24, 2.45) is 4.99 Å². The van der Waals surface area contributed by atoms with E-state index in [0.29, 0.717) is 21.8 Å². The van der Waals surface area contributed by atoms with Crippen LogP contribution in [0.5, 0.6) is 5.75 Å². The SMILES string of the molecule is CCOC(=O)C1=C(O)/C(=C/c2ccc(OCc3cccc(F)c3)cc2)SC1=NC(=O)c1ccc(C)cc1. The molecule has 3 aromatic rings. The van der Waals surface area contributed by atoms with E-state index in [1.54, 1.807) is 73.7 Å². The Bertz CT molecular complexity index is 1410. The number of esters is 1. The molecule has 188 valence electrons. The van der Waals surface area contributed by atoms with Gasteiger partial charge in [-0.1, -0.05) is 53.7 Å². The van der Waals surface area contributed by atoms with Gasteiger partial charge in [0.25, 0.3) is 5.91 Å². The van der Waals surface area contributed by atoms with E-state index in [2.05, 4.69) is 4.99 Å². The van der Waals surface area contributed by atoms with E-state index >= 15 is 0 Å². The second-order valence-corrected chi connectivity index (χ2v) is 9.16. The van der Waals surface area contributed by atoms with Crippen LogP contribution in [-0.2, 0) is 16.1 Å². The average Bonchev–Trinajstić information content (AvgIpc) is 3.18. The Kier molecular flexibility index (Phi) is 8.20. The topological polar surface area (TPSA) is 85.2 Å². The number of thioether (sulfide) groups is 1. The quantitative estimate of drug-likeness (QED) is 0.364. The highest BCUT2D eigenvalue weighted by Gasteiger charge is 2.33. The van der Waals surface area contributed by atoms with Crippen LogP contribution in [-0.4, -0.2) is 28.6 Å². The Labute approximate surface area is 218 Å². The van der Waals surface area contributed by atoms with Crippen LogP contribution < -0.4 is 4.74 Å². The first kappa shape index (κ1) is 25.9. The molecule has 1 N–H and O–H groups in total. The summed E-state index contributed by atoms with van der Waals surface area (Å²) < 4.78 is 24.1. The van der Waals surface area contributed by atoms with Gasteiger partial charge in [0.05, 0.1) is 11.5 Å². The van der Waals surface area contributed by atoms with Gasteiger partial charge in [-0.3, -0.25) is 4.79 Å². The zero-order chi connectivity index (χ0) is 26.4. The Balaban J connectivity index is 1.55. The summed E-state index contributed by atoms with van der Waals surface area (Å²) in [7, 11) is 0. The minimum atomic E-state index is -0.757. The van der Waals surface area contributed by atoms with Gasteiger partial charge in [-0.2, -0.15) is 0 Å². The molecule has 8 heteroatoms. The molecule has 3 aromatic carbocycles. The molecule has 0 saturated heterocycles. The number of aliphatic imine (C=N–C) groups is 1. The van der Waals surface area contributed by atoms with Crippen LogP contribution in [0.2, 0.25) is 0 Å². The van der Waals surface area contributed by atoms with E-state index in [4.69, 9.17) is 9.47 Å². The van der Waals surface area contributed by atoms with Gasteiger partial charge >= 0.3 is 5.97 Å². The number of nitrogens with zero attached hydrogens (tertiary/aromatic N) is 1. The lowest BCUT2D eigenvalue weighted by molar-refractivity contribution is -0.138. The number of aryl methyl sites for hydroxylation is 1. The number of carbonyl (C=O) groups is 2. The van der Waals surface area contributed by atoms with Gasteiger partial charge in [-0.05, 0) is 67.4 Å². The number of rotatable bonds is 7. The van der Waals surface area contributed by atoms with Crippen LogP contribution >= 0.6 is 11.8 Å². The normalized spacial score (nSPS) is 15.3. The van der Waals surface area contributed by atoms with Crippen molar-refractivity contribution in [2.75, 3.05) is 6.61 Å². The molecule has 1 aliphatic rings. The van der Waals surface area contributed by atoms with Gasteiger partial charge < -0.3 is 14.6 Å². The number of carbonyl (C=O) groups excluding carboxylic acids is 2. The van der Waals surface area contributed by atoms with Crippen LogP contribution in [0.25, 0.3) is 6.08 Å². The van der Waals surface area contributed by atoms with Crippen molar-refractivity contribution < 1.29 is 28.6 Å². The summed E-state index contributed by atoms with van der Waals surface area (Å²) in [5, 5.41) is 10.9. The first-order valence-corrected chi connectivity index (χ1v) is 12.3. The van der Waals surface area contributed by atoms with Crippen LogP contribution in [0.3, 0.4) is 0 Å². The molecule has 1 aliphatic heterocycles. The first-order chi connectivity index (χ1) is 17.8. The smallest absolute Gasteiger partial charge is 0.344 e. The van der Waals surface area contributed by atoms with E-state index in [9.17, 15) is 19.1 Å². The van der Waals surface area contributed by atoms with Crippen molar-refractivity contribution in [3.63, 3.8) is 0 Å². The third-order valence-electron chi connectivity index (χ3n) is 5.34. The maximum Gasteiger partial charge on any atom is 0.344 e. The maximum absolute atomic E-state index is 13.3. The molecule has 0 fully saturated rings. The molecule has 37 heavy (non-hydrogen) atoms. The molecule has 0 saturated carbocycles. The highest BCUT2D eigenvalue weighted by atomic mass is 32.2.